The van der Waals surface area contributed by atoms with E-state index in [-0.39, 0.29) is 17.0 Å². The van der Waals surface area contributed by atoms with Gasteiger partial charge in [0.2, 0.25) is 10.0 Å². The van der Waals surface area contributed by atoms with Gasteiger partial charge in [-0.2, -0.15) is 0 Å². The lowest BCUT2D eigenvalue weighted by Crippen LogP contribution is -2.31. The minimum absolute atomic E-state index is 0.136. The molecule has 3 aromatic rings. The molecule has 3 N–H and O–H groups in total. The fourth-order valence-corrected chi connectivity index (χ4v) is 4.35. The molecule has 0 bridgehead atoms. The van der Waals surface area contributed by atoms with Crippen LogP contribution in [0.4, 0.5) is 10.5 Å². The smallest absolute Gasteiger partial charge is 0.319 e. The summed E-state index contributed by atoms with van der Waals surface area (Å²) in [6, 6.07) is 11.4. The van der Waals surface area contributed by atoms with E-state index in [1.54, 1.807) is 36.7 Å². The van der Waals surface area contributed by atoms with Gasteiger partial charge in [0.15, 0.2) is 0 Å². The molecule has 154 valence electrons. The summed E-state index contributed by atoms with van der Waals surface area (Å²) in [6.07, 6.45) is 0. The fourth-order valence-electron chi connectivity index (χ4n) is 2.68. The molecule has 0 saturated heterocycles. The number of urea groups is 1. The third kappa shape index (κ3) is 5.52. The van der Waals surface area contributed by atoms with Gasteiger partial charge in [0, 0.05) is 22.7 Å². The number of sulfonamides is 1. The summed E-state index contributed by atoms with van der Waals surface area (Å²) >= 11 is 3.35. The highest BCUT2D eigenvalue weighted by atomic mass is 79.9. The van der Waals surface area contributed by atoms with Gasteiger partial charge in [-0.1, -0.05) is 27.2 Å². The van der Waals surface area contributed by atoms with Crippen LogP contribution in [0.15, 0.2) is 51.8 Å². The normalized spacial score (nSPS) is 11.7. The van der Waals surface area contributed by atoms with Crippen LogP contribution in [0.2, 0.25) is 0 Å². The first-order valence-corrected chi connectivity index (χ1v) is 11.2. The number of nitrogens with zero attached hydrogens (tertiary/aromatic N) is 3. The van der Waals surface area contributed by atoms with E-state index >= 15 is 0 Å². The summed E-state index contributed by atoms with van der Waals surface area (Å²) < 4.78 is 29.6. The summed E-state index contributed by atoms with van der Waals surface area (Å²) in [5.74, 6) is 0. The van der Waals surface area contributed by atoms with E-state index in [0.717, 1.165) is 4.47 Å². The molecule has 1 aromatic heterocycles. The SMILES string of the molecule is CC(C)NS(=O)(=O)c1ccc2c(c1)nnn2CCNC(=O)Nc1cccc(Br)c1. The highest BCUT2D eigenvalue weighted by Gasteiger charge is 2.17. The Kier molecular flexibility index (Phi) is 6.50. The highest BCUT2D eigenvalue weighted by molar-refractivity contribution is 9.10. The van der Waals surface area contributed by atoms with Gasteiger partial charge >= 0.3 is 6.03 Å². The maximum Gasteiger partial charge on any atom is 0.319 e. The van der Waals surface area contributed by atoms with Gasteiger partial charge in [-0.3, -0.25) is 0 Å². The molecule has 0 radical (unpaired) electrons. The van der Waals surface area contributed by atoms with Crippen LogP contribution in [0.25, 0.3) is 11.0 Å². The molecule has 29 heavy (non-hydrogen) atoms. The lowest BCUT2D eigenvalue weighted by Gasteiger charge is -2.10. The number of hydrogen-bond acceptors (Lipinski definition) is 5. The van der Waals surface area contributed by atoms with E-state index in [1.807, 2.05) is 12.1 Å². The zero-order valence-electron chi connectivity index (χ0n) is 15.9. The number of carbonyl (C=O) groups is 1. The molecule has 1 heterocycles. The van der Waals surface area contributed by atoms with E-state index in [4.69, 9.17) is 0 Å². The average molecular weight is 481 g/mol. The Morgan fingerprint density at radius 2 is 2.00 bits per heavy atom. The van der Waals surface area contributed by atoms with Crippen LogP contribution >= 0.6 is 15.9 Å². The number of carbonyl (C=O) groups excluding carboxylic acids is 1. The van der Waals surface area contributed by atoms with Crippen molar-refractivity contribution in [1.29, 1.82) is 0 Å². The van der Waals surface area contributed by atoms with Crippen LogP contribution in [-0.2, 0) is 16.6 Å². The minimum atomic E-state index is -3.60. The molecule has 0 atom stereocenters. The maximum absolute atomic E-state index is 12.3. The lowest BCUT2D eigenvalue weighted by atomic mass is 10.3. The summed E-state index contributed by atoms with van der Waals surface area (Å²) in [5.41, 5.74) is 1.82. The van der Waals surface area contributed by atoms with Crippen molar-refractivity contribution in [2.75, 3.05) is 11.9 Å². The van der Waals surface area contributed by atoms with Gasteiger partial charge in [0.25, 0.3) is 0 Å². The first-order valence-electron chi connectivity index (χ1n) is 8.90. The van der Waals surface area contributed by atoms with Gasteiger partial charge in [0.1, 0.15) is 5.52 Å². The Bertz CT molecular complexity index is 1130. The van der Waals surface area contributed by atoms with Crippen molar-refractivity contribution in [3.63, 3.8) is 0 Å². The quantitative estimate of drug-likeness (QED) is 0.480. The molecule has 11 heteroatoms. The number of fused-ring (bicyclic) bond motifs is 1. The Labute approximate surface area is 177 Å². The third-order valence-electron chi connectivity index (χ3n) is 3.88. The van der Waals surface area contributed by atoms with Gasteiger partial charge in [0.05, 0.1) is 17.0 Å². The van der Waals surface area contributed by atoms with E-state index in [1.165, 1.54) is 12.1 Å². The molecule has 2 aromatic carbocycles. The van der Waals surface area contributed by atoms with E-state index in [2.05, 4.69) is 41.6 Å². The second kappa shape index (κ2) is 8.89. The number of amides is 2. The molecule has 0 fully saturated rings. The van der Waals surface area contributed by atoms with E-state index in [0.29, 0.717) is 29.8 Å². The zero-order valence-corrected chi connectivity index (χ0v) is 18.3. The number of anilines is 1. The predicted molar refractivity (Wildman–Crippen MR) is 114 cm³/mol. The summed E-state index contributed by atoms with van der Waals surface area (Å²) in [7, 11) is -3.60. The van der Waals surface area contributed by atoms with Crippen LogP contribution in [0.1, 0.15) is 13.8 Å². The number of hydrogen-bond donors (Lipinski definition) is 3. The van der Waals surface area contributed by atoms with Crippen molar-refractivity contribution < 1.29 is 13.2 Å². The minimum Gasteiger partial charge on any atom is -0.336 e. The number of nitrogens with one attached hydrogen (secondary N) is 3. The fraction of sp³-hybridized carbons (Fsp3) is 0.278. The monoisotopic (exact) mass is 480 g/mol. The first-order chi connectivity index (χ1) is 13.7. The third-order valence-corrected chi connectivity index (χ3v) is 6.03. The summed E-state index contributed by atoms with van der Waals surface area (Å²) in [6.45, 7) is 4.23. The Hall–Kier alpha value is -2.50. The van der Waals surface area contributed by atoms with Crippen LogP contribution in [0.5, 0.6) is 0 Å². The topological polar surface area (TPSA) is 118 Å². The van der Waals surface area contributed by atoms with Crippen molar-refractivity contribution in [2.24, 2.45) is 0 Å². The van der Waals surface area contributed by atoms with Crippen LogP contribution in [0.3, 0.4) is 0 Å². The average Bonchev–Trinajstić information content (AvgIpc) is 3.03. The Morgan fingerprint density at radius 3 is 2.72 bits per heavy atom. The van der Waals surface area contributed by atoms with Gasteiger partial charge in [-0.25, -0.2) is 22.6 Å². The lowest BCUT2D eigenvalue weighted by molar-refractivity contribution is 0.251. The van der Waals surface area contributed by atoms with Crippen LogP contribution in [0, 0.1) is 0 Å². The molecular weight excluding hydrogens is 460 g/mol. The molecule has 2 amide bonds. The van der Waals surface area contributed by atoms with Crippen molar-refractivity contribution in [3.8, 4) is 0 Å². The standard InChI is InChI=1S/C18H21BrN6O3S/c1-12(2)23-29(27,28)15-6-7-17-16(11-15)22-24-25(17)9-8-20-18(26)21-14-5-3-4-13(19)10-14/h3-7,10-12,23H,8-9H2,1-2H3,(H2,20,21,26). The number of benzene rings is 2. The van der Waals surface area contributed by atoms with Crippen molar-refractivity contribution in [3.05, 3.63) is 46.9 Å². The molecule has 0 aliphatic heterocycles. The first kappa shape index (κ1) is 21.2. The molecule has 0 aliphatic rings. The van der Waals surface area contributed by atoms with E-state index < -0.39 is 10.0 Å². The number of halogens is 1. The largest absolute Gasteiger partial charge is 0.336 e. The molecule has 0 unspecified atom stereocenters. The number of rotatable bonds is 7. The molecule has 0 aliphatic carbocycles. The van der Waals surface area contributed by atoms with E-state index in [9.17, 15) is 13.2 Å². The van der Waals surface area contributed by atoms with Gasteiger partial charge < -0.3 is 10.6 Å². The maximum atomic E-state index is 12.3. The molecule has 0 spiro atoms. The van der Waals surface area contributed by atoms with Crippen molar-refractivity contribution in [1.82, 2.24) is 25.0 Å². The van der Waals surface area contributed by atoms with Crippen LogP contribution in [-0.4, -0.2) is 42.0 Å². The van der Waals surface area contributed by atoms with Gasteiger partial charge in [-0.05, 0) is 50.2 Å². The predicted octanol–water partition coefficient (Wildman–Crippen LogP) is 2.70. The zero-order chi connectivity index (χ0) is 21.0. The molecule has 9 nitrogen and oxygen atoms in total. The van der Waals surface area contributed by atoms with Crippen molar-refractivity contribution in [2.45, 2.75) is 31.3 Å². The van der Waals surface area contributed by atoms with Crippen molar-refractivity contribution >= 4 is 48.7 Å². The second-order valence-electron chi connectivity index (χ2n) is 6.63. The summed E-state index contributed by atoms with van der Waals surface area (Å²) in [5, 5.41) is 13.6. The van der Waals surface area contributed by atoms with Gasteiger partial charge in [-0.15, -0.1) is 5.10 Å². The molecular formula is C18H21BrN6O3S. The molecule has 0 saturated carbocycles. The Morgan fingerprint density at radius 1 is 1.21 bits per heavy atom. The Balaban J connectivity index is 1.62. The highest BCUT2D eigenvalue weighted by Crippen LogP contribution is 2.18. The number of aromatic nitrogens is 3. The molecule has 3 rings (SSSR count). The van der Waals surface area contributed by atoms with Crippen LogP contribution < -0.4 is 15.4 Å². The second-order valence-corrected chi connectivity index (χ2v) is 9.26. The summed E-state index contributed by atoms with van der Waals surface area (Å²) in [4.78, 5) is 12.1.